The Balaban J connectivity index is 2.71. The summed E-state index contributed by atoms with van der Waals surface area (Å²) < 4.78 is 0. The van der Waals surface area contributed by atoms with Gasteiger partial charge in [-0.15, -0.1) is 0 Å². The van der Waals surface area contributed by atoms with E-state index in [1.807, 2.05) is 12.1 Å². The van der Waals surface area contributed by atoms with E-state index in [1.165, 1.54) is 0 Å². The summed E-state index contributed by atoms with van der Waals surface area (Å²) in [6, 6.07) is 7.16. The lowest BCUT2D eigenvalue weighted by Crippen LogP contribution is -2.03. The van der Waals surface area contributed by atoms with Crippen LogP contribution in [-0.2, 0) is 6.54 Å². The fourth-order valence-corrected chi connectivity index (χ4v) is 1.93. The van der Waals surface area contributed by atoms with Crippen LogP contribution < -0.4 is 5.73 Å². The van der Waals surface area contributed by atoms with Gasteiger partial charge in [0.2, 0.25) is 0 Å². The molecule has 0 unspecified atom stereocenters. The molecule has 0 saturated heterocycles. The Bertz CT molecular complexity index is 594. The quantitative estimate of drug-likeness (QED) is 0.807. The van der Waals surface area contributed by atoms with Gasteiger partial charge in [-0.25, -0.2) is 0 Å². The first-order chi connectivity index (χ1) is 8.69. The number of pyridine rings is 1. The van der Waals surface area contributed by atoms with Gasteiger partial charge in [-0.1, -0.05) is 24.3 Å². The number of aromatic hydroxyl groups is 1. The molecule has 1 aromatic carbocycles. The summed E-state index contributed by atoms with van der Waals surface area (Å²) in [5.41, 5.74) is 8.79. The Morgan fingerprint density at radius 3 is 2.72 bits per heavy atom. The summed E-state index contributed by atoms with van der Waals surface area (Å²) in [6.45, 7) is 1.90. The number of hydrogen-bond acceptors (Lipinski definition) is 4. The molecule has 0 radical (unpaired) electrons. The minimum atomic E-state index is 0.0932. The van der Waals surface area contributed by atoms with Crippen molar-refractivity contribution < 1.29 is 9.90 Å². The van der Waals surface area contributed by atoms with Gasteiger partial charge in [0.1, 0.15) is 5.75 Å². The number of aromatic nitrogens is 1. The van der Waals surface area contributed by atoms with E-state index in [0.717, 1.165) is 11.8 Å². The topological polar surface area (TPSA) is 76.2 Å². The van der Waals surface area contributed by atoms with Crippen LogP contribution in [0.3, 0.4) is 0 Å². The number of carbonyl (C=O) groups is 1. The van der Waals surface area contributed by atoms with Crippen molar-refractivity contribution in [2.24, 2.45) is 5.73 Å². The summed E-state index contributed by atoms with van der Waals surface area (Å²) in [4.78, 5) is 15.2. The zero-order chi connectivity index (χ0) is 13.1. The first-order valence-corrected chi connectivity index (χ1v) is 5.61. The lowest BCUT2D eigenvalue weighted by molar-refractivity contribution is 0.112. The van der Waals surface area contributed by atoms with Crippen LogP contribution in [0.4, 0.5) is 0 Å². The molecule has 0 saturated carbocycles. The molecule has 2 rings (SSSR count). The van der Waals surface area contributed by atoms with Crippen LogP contribution >= 0.6 is 0 Å². The van der Waals surface area contributed by atoms with Crippen LogP contribution in [0.25, 0.3) is 11.1 Å². The van der Waals surface area contributed by atoms with Crippen molar-refractivity contribution >= 4 is 6.29 Å². The molecule has 4 nitrogen and oxygen atoms in total. The molecular weight excluding hydrogens is 228 g/mol. The van der Waals surface area contributed by atoms with Gasteiger partial charge in [0, 0.05) is 29.4 Å². The van der Waals surface area contributed by atoms with E-state index in [0.29, 0.717) is 22.4 Å². The van der Waals surface area contributed by atoms with E-state index in [9.17, 15) is 9.90 Å². The van der Waals surface area contributed by atoms with Crippen molar-refractivity contribution in [1.82, 2.24) is 4.98 Å². The van der Waals surface area contributed by atoms with Gasteiger partial charge >= 0.3 is 0 Å². The third kappa shape index (κ3) is 1.98. The molecule has 0 aliphatic carbocycles. The van der Waals surface area contributed by atoms with Crippen LogP contribution in [0.5, 0.6) is 5.75 Å². The highest BCUT2D eigenvalue weighted by molar-refractivity contribution is 5.88. The fourth-order valence-electron chi connectivity index (χ4n) is 1.93. The highest BCUT2D eigenvalue weighted by Crippen LogP contribution is 2.32. The van der Waals surface area contributed by atoms with Crippen molar-refractivity contribution in [3.63, 3.8) is 0 Å². The maximum absolute atomic E-state index is 11.0. The minimum Gasteiger partial charge on any atom is -0.506 e. The number of rotatable bonds is 3. The molecule has 0 aliphatic heterocycles. The van der Waals surface area contributed by atoms with Gasteiger partial charge in [0.05, 0.1) is 5.69 Å². The second-order valence-corrected chi connectivity index (χ2v) is 3.99. The van der Waals surface area contributed by atoms with E-state index >= 15 is 0 Å². The minimum absolute atomic E-state index is 0.0932. The zero-order valence-electron chi connectivity index (χ0n) is 10.1. The summed E-state index contributed by atoms with van der Waals surface area (Å²) in [6.07, 6.45) is 2.42. The van der Waals surface area contributed by atoms with Gasteiger partial charge in [-0.2, -0.15) is 0 Å². The highest BCUT2D eigenvalue weighted by Gasteiger charge is 2.14. The smallest absolute Gasteiger partial charge is 0.150 e. The molecule has 0 amide bonds. The van der Waals surface area contributed by atoms with Gasteiger partial charge in [-0.05, 0) is 12.5 Å². The summed E-state index contributed by atoms with van der Waals surface area (Å²) in [5, 5.41) is 9.97. The van der Waals surface area contributed by atoms with Crippen molar-refractivity contribution in [1.29, 1.82) is 0 Å². The average Bonchev–Trinajstić information content (AvgIpc) is 2.41. The predicted octanol–water partition coefficient (Wildman–Crippen LogP) is 2.03. The fraction of sp³-hybridized carbons (Fsp3) is 0.143. The molecule has 0 aliphatic rings. The number of benzene rings is 1. The molecule has 18 heavy (non-hydrogen) atoms. The van der Waals surface area contributed by atoms with E-state index in [-0.39, 0.29) is 12.3 Å². The SMILES string of the molecule is Cc1ncc(-c2ccccc2C=O)c(CN)c1O. The van der Waals surface area contributed by atoms with Crippen molar-refractivity contribution in [2.75, 3.05) is 0 Å². The third-order valence-corrected chi connectivity index (χ3v) is 2.92. The van der Waals surface area contributed by atoms with Gasteiger partial charge in [0.25, 0.3) is 0 Å². The summed E-state index contributed by atoms with van der Waals surface area (Å²) in [7, 11) is 0. The van der Waals surface area contributed by atoms with Crippen LogP contribution in [-0.4, -0.2) is 16.4 Å². The Morgan fingerprint density at radius 1 is 1.33 bits per heavy atom. The molecule has 1 heterocycles. The number of hydrogen-bond donors (Lipinski definition) is 2. The van der Waals surface area contributed by atoms with E-state index in [4.69, 9.17) is 5.73 Å². The standard InChI is InChI=1S/C14H14N2O2/c1-9-14(18)12(6-15)13(7-16-9)11-5-3-2-4-10(11)8-17/h2-5,7-8,18H,6,15H2,1H3. The van der Waals surface area contributed by atoms with Crippen molar-refractivity contribution in [2.45, 2.75) is 13.5 Å². The number of aldehydes is 1. The predicted molar refractivity (Wildman–Crippen MR) is 69.4 cm³/mol. The Hall–Kier alpha value is -2.20. The molecule has 0 bridgehead atoms. The molecule has 4 heteroatoms. The molecular formula is C14H14N2O2. The second-order valence-electron chi connectivity index (χ2n) is 3.99. The number of nitrogens with two attached hydrogens (primary N) is 1. The van der Waals surface area contributed by atoms with E-state index in [1.54, 1.807) is 25.3 Å². The number of nitrogens with zero attached hydrogens (tertiary/aromatic N) is 1. The number of aryl methyl sites for hydroxylation is 1. The zero-order valence-corrected chi connectivity index (χ0v) is 10.1. The Kier molecular flexibility index (Phi) is 3.39. The van der Waals surface area contributed by atoms with Gasteiger partial charge in [-0.3, -0.25) is 9.78 Å². The molecule has 92 valence electrons. The maximum Gasteiger partial charge on any atom is 0.150 e. The average molecular weight is 242 g/mol. The monoisotopic (exact) mass is 242 g/mol. The highest BCUT2D eigenvalue weighted by atomic mass is 16.3. The van der Waals surface area contributed by atoms with Crippen LogP contribution in [0, 0.1) is 6.92 Å². The normalized spacial score (nSPS) is 10.3. The van der Waals surface area contributed by atoms with Crippen molar-refractivity contribution in [3.8, 4) is 16.9 Å². The van der Waals surface area contributed by atoms with Gasteiger partial charge < -0.3 is 10.8 Å². The summed E-state index contributed by atoms with van der Waals surface area (Å²) >= 11 is 0. The lowest BCUT2D eigenvalue weighted by Gasteiger charge is -2.12. The molecule has 0 atom stereocenters. The van der Waals surface area contributed by atoms with Crippen LogP contribution in [0.2, 0.25) is 0 Å². The molecule has 1 aromatic heterocycles. The van der Waals surface area contributed by atoms with E-state index in [2.05, 4.69) is 4.98 Å². The molecule has 0 fully saturated rings. The lowest BCUT2D eigenvalue weighted by atomic mass is 9.96. The number of carbonyl (C=O) groups excluding carboxylic acids is 1. The van der Waals surface area contributed by atoms with Crippen LogP contribution in [0.1, 0.15) is 21.6 Å². The third-order valence-electron chi connectivity index (χ3n) is 2.92. The summed E-state index contributed by atoms with van der Waals surface area (Å²) in [5.74, 6) is 0.0932. The Morgan fingerprint density at radius 2 is 2.06 bits per heavy atom. The largest absolute Gasteiger partial charge is 0.506 e. The Labute approximate surface area is 105 Å². The molecule has 3 N–H and O–H groups in total. The first-order valence-electron chi connectivity index (χ1n) is 5.61. The second kappa shape index (κ2) is 4.98. The molecule has 0 spiro atoms. The van der Waals surface area contributed by atoms with Gasteiger partial charge in [0.15, 0.2) is 6.29 Å². The van der Waals surface area contributed by atoms with E-state index < -0.39 is 0 Å². The maximum atomic E-state index is 11.0. The molecule has 2 aromatic rings. The van der Waals surface area contributed by atoms with Crippen molar-refractivity contribution in [3.05, 3.63) is 47.3 Å². The van der Waals surface area contributed by atoms with Crippen LogP contribution in [0.15, 0.2) is 30.5 Å². The first kappa shape index (κ1) is 12.3.